The van der Waals surface area contributed by atoms with Crippen LogP contribution in [0.4, 0.5) is 0 Å². The molecule has 0 spiro atoms. The summed E-state index contributed by atoms with van der Waals surface area (Å²) >= 11 is 12.1. The van der Waals surface area contributed by atoms with Gasteiger partial charge in [0.2, 0.25) is 0 Å². The first-order chi connectivity index (χ1) is 10.2. The van der Waals surface area contributed by atoms with Crippen LogP contribution in [0.5, 0.6) is 0 Å². The Balaban J connectivity index is 1.83. The first-order valence-electron chi connectivity index (χ1n) is 7.40. The van der Waals surface area contributed by atoms with Crippen LogP contribution < -0.4 is 5.32 Å². The van der Waals surface area contributed by atoms with E-state index in [-0.39, 0.29) is 0 Å². The number of likely N-dealkylation sites (N-methyl/N-ethyl adjacent to an activating group) is 1. The Bertz CT molecular complexity index is 652. The Morgan fingerprint density at radius 2 is 1.81 bits per heavy atom. The van der Waals surface area contributed by atoms with Gasteiger partial charge in [-0.1, -0.05) is 47.5 Å². The fraction of sp³-hybridized carbons (Fsp3) is 0.333. The molecular formula is C18H19Cl2N. The van der Waals surface area contributed by atoms with Crippen molar-refractivity contribution in [2.45, 2.75) is 31.7 Å². The molecule has 1 nitrogen and oxygen atoms in total. The molecule has 3 rings (SSSR count). The highest BCUT2D eigenvalue weighted by Crippen LogP contribution is 2.28. The second kappa shape index (κ2) is 6.39. The van der Waals surface area contributed by atoms with Gasteiger partial charge >= 0.3 is 0 Å². The normalized spacial score (nSPS) is 15.0. The van der Waals surface area contributed by atoms with E-state index in [1.54, 1.807) is 0 Å². The third kappa shape index (κ3) is 3.26. The van der Waals surface area contributed by atoms with Gasteiger partial charge in [-0.2, -0.15) is 0 Å². The summed E-state index contributed by atoms with van der Waals surface area (Å²) in [6.45, 7) is 0. The van der Waals surface area contributed by atoms with Gasteiger partial charge in [-0.25, -0.2) is 0 Å². The van der Waals surface area contributed by atoms with Gasteiger partial charge in [-0.3, -0.25) is 0 Å². The predicted octanol–water partition coefficient (Wildman–Crippen LogP) is 4.99. The monoisotopic (exact) mass is 319 g/mol. The molecule has 1 atom stereocenters. The Hall–Kier alpha value is -1.02. The van der Waals surface area contributed by atoms with Crippen LogP contribution in [-0.2, 0) is 19.3 Å². The molecule has 0 aromatic heterocycles. The van der Waals surface area contributed by atoms with Gasteiger partial charge in [0.05, 0.1) is 10.0 Å². The Morgan fingerprint density at radius 3 is 2.57 bits per heavy atom. The summed E-state index contributed by atoms with van der Waals surface area (Å²) in [5.74, 6) is 0. The lowest BCUT2D eigenvalue weighted by atomic mass is 9.96. The smallest absolute Gasteiger partial charge is 0.0595 e. The zero-order valence-electron chi connectivity index (χ0n) is 12.1. The summed E-state index contributed by atoms with van der Waals surface area (Å²) in [5.41, 5.74) is 5.58. The van der Waals surface area contributed by atoms with Crippen molar-refractivity contribution in [1.82, 2.24) is 5.32 Å². The standard InChI is InChI=1S/C18H19Cl2N/c1-21-18(10-12-5-8-16(19)17(20)9-12)15-7-6-13-3-2-4-14(13)11-15/h5-9,11,18,21H,2-4,10H2,1H3. The zero-order chi connectivity index (χ0) is 14.8. The van der Waals surface area contributed by atoms with Gasteiger partial charge < -0.3 is 5.32 Å². The SMILES string of the molecule is CNC(Cc1ccc(Cl)c(Cl)c1)c1ccc2c(c1)CCC2. The fourth-order valence-corrected chi connectivity index (χ4v) is 3.42. The highest BCUT2D eigenvalue weighted by atomic mass is 35.5. The maximum atomic E-state index is 6.11. The van der Waals surface area contributed by atoms with Crippen molar-refractivity contribution >= 4 is 23.2 Å². The second-order valence-corrected chi connectivity index (χ2v) is 6.49. The zero-order valence-corrected chi connectivity index (χ0v) is 13.6. The number of halogens is 2. The molecule has 0 saturated carbocycles. The molecule has 0 radical (unpaired) electrons. The molecule has 0 aliphatic heterocycles. The van der Waals surface area contributed by atoms with Gasteiger partial charge in [-0.05, 0) is 67.1 Å². The van der Waals surface area contributed by atoms with E-state index in [0.717, 1.165) is 6.42 Å². The van der Waals surface area contributed by atoms with Gasteiger partial charge in [0.1, 0.15) is 0 Å². The number of fused-ring (bicyclic) bond motifs is 1. The highest BCUT2D eigenvalue weighted by molar-refractivity contribution is 6.42. The maximum absolute atomic E-state index is 6.11. The van der Waals surface area contributed by atoms with Crippen LogP contribution >= 0.6 is 23.2 Å². The van der Waals surface area contributed by atoms with Crippen LogP contribution in [0, 0.1) is 0 Å². The average Bonchev–Trinajstić information content (AvgIpc) is 2.95. The van der Waals surface area contributed by atoms with E-state index in [2.05, 4.69) is 23.5 Å². The molecule has 21 heavy (non-hydrogen) atoms. The minimum atomic E-state index is 0.299. The fourth-order valence-electron chi connectivity index (χ4n) is 3.10. The lowest BCUT2D eigenvalue weighted by Crippen LogP contribution is -2.19. The number of hydrogen-bond acceptors (Lipinski definition) is 1. The molecule has 0 bridgehead atoms. The van der Waals surface area contributed by atoms with Crippen molar-refractivity contribution in [3.8, 4) is 0 Å². The first kappa shape index (κ1) is 14.9. The van der Waals surface area contributed by atoms with Crippen LogP contribution in [0.3, 0.4) is 0 Å². The van der Waals surface area contributed by atoms with Crippen molar-refractivity contribution < 1.29 is 0 Å². The largest absolute Gasteiger partial charge is 0.313 e. The van der Waals surface area contributed by atoms with Crippen LogP contribution in [0.15, 0.2) is 36.4 Å². The van der Waals surface area contributed by atoms with Crippen molar-refractivity contribution in [3.63, 3.8) is 0 Å². The third-order valence-corrected chi connectivity index (χ3v) is 5.04. The molecule has 2 aromatic carbocycles. The van der Waals surface area contributed by atoms with Gasteiger partial charge in [0.25, 0.3) is 0 Å². The van der Waals surface area contributed by atoms with Crippen LogP contribution in [0.25, 0.3) is 0 Å². The molecule has 1 N–H and O–H groups in total. The van der Waals surface area contributed by atoms with E-state index < -0.39 is 0 Å². The van der Waals surface area contributed by atoms with Crippen molar-refractivity contribution in [1.29, 1.82) is 0 Å². The van der Waals surface area contributed by atoms with Crippen molar-refractivity contribution in [2.75, 3.05) is 7.05 Å². The molecule has 110 valence electrons. The molecule has 3 heteroatoms. The Labute approximate surface area is 136 Å². The minimum absolute atomic E-state index is 0.299. The molecule has 1 aliphatic carbocycles. The number of nitrogens with one attached hydrogen (secondary N) is 1. The van der Waals surface area contributed by atoms with Gasteiger partial charge in [0, 0.05) is 6.04 Å². The summed E-state index contributed by atoms with van der Waals surface area (Å²) in [5, 5.41) is 4.65. The minimum Gasteiger partial charge on any atom is -0.313 e. The summed E-state index contributed by atoms with van der Waals surface area (Å²) in [7, 11) is 2.01. The predicted molar refractivity (Wildman–Crippen MR) is 90.4 cm³/mol. The molecule has 0 amide bonds. The molecule has 0 heterocycles. The first-order valence-corrected chi connectivity index (χ1v) is 8.16. The van der Waals surface area contributed by atoms with Crippen LogP contribution in [-0.4, -0.2) is 7.05 Å². The van der Waals surface area contributed by atoms with Gasteiger partial charge in [-0.15, -0.1) is 0 Å². The van der Waals surface area contributed by atoms with E-state index in [0.29, 0.717) is 16.1 Å². The number of benzene rings is 2. The lowest BCUT2D eigenvalue weighted by molar-refractivity contribution is 0.591. The number of hydrogen-bond donors (Lipinski definition) is 1. The lowest BCUT2D eigenvalue weighted by Gasteiger charge is -2.18. The molecule has 1 unspecified atom stereocenters. The maximum Gasteiger partial charge on any atom is 0.0595 e. The molecule has 0 fully saturated rings. The summed E-state index contributed by atoms with van der Waals surface area (Å²) in [6.07, 6.45) is 4.64. The van der Waals surface area contributed by atoms with E-state index in [1.807, 2.05) is 25.2 Å². The second-order valence-electron chi connectivity index (χ2n) is 5.68. The number of rotatable bonds is 4. The molecule has 1 aliphatic rings. The number of aryl methyl sites for hydroxylation is 2. The highest BCUT2D eigenvalue weighted by Gasteiger charge is 2.15. The Morgan fingerprint density at radius 1 is 1.00 bits per heavy atom. The average molecular weight is 320 g/mol. The van der Waals surface area contributed by atoms with Crippen molar-refractivity contribution in [2.24, 2.45) is 0 Å². The summed E-state index contributed by atoms with van der Waals surface area (Å²) in [6, 6.07) is 13.1. The molecule has 2 aromatic rings. The van der Waals surface area contributed by atoms with Gasteiger partial charge in [0.15, 0.2) is 0 Å². The van der Waals surface area contributed by atoms with Crippen molar-refractivity contribution in [3.05, 3.63) is 68.7 Å². The van der Waals surface area contributed by atoms with Crippen LogP contribution in [0.2, 0.25) is 10.0 Å². The molecule has 0 saturated heterocycles. The Kier molecular flexibility index (Phi) is 4.54. The topological polar surface area (TPSA) is 12.0 Å². The quantitative estimate of drug-likeness (QED) is 0.837. The summed E-state index contributed by atoms with van der Waals surface area (Å²) < 4.78 is 0. The van der Waals surface area contributed by atoms with E-state index in [9.17, 15) is 0 Å². The van der Waals surface area contributed by atoms with Crippen LogP contribution in [0.1, 0.15) is 34.7 Å². The summed E-state index contributed by atoms with van der Waals surface area (Å²) in [4.78, 5) is 0. The third-order valence-electron chi connectivity index (χ3n) is 4.30. The van der Waals surface area contributed by atoms with E-state index in [1.165, 1.54) is 41.5 Å². The van der Waals surface area contributed by atoms with E-state index in [4.69, 9.17) is 23.2 Å². The van der Waals surface area contributed by atoms with E-state index >= 15 is 0 Å². The molecular weight excluding hydrogens is 301 g/mol.